The maximum Gasteiger partial charge on any atom is 0.140 e. The van der Waals surface area contributed by atoms with Crippen molar-refractivity contribution in [3.8, 4) is 0 Å². The summed E-state index contributed by atoms with van der Waals surface area (Å²) >= 11 is 0. The van der Waals surface area contributed by atoms with E-state index in [1.807, 2.05) is 12.4 Å². The van der Waals surface area contributed by atoms with Crippen LogP contribution in [-0.2, 0) is 11.3 Å². The monoisotopic (exact) mass is 138 g/mol. The van der Waals surface area contributed by atoms with Crippen LogP contribution in [0.2, 0.25) is 0 Å². The van der Waals surface area contributed by atoms with Gasteiger partial charge in [-0.1, -0.05) is 0 Å². The summed E-state index contributed by atoms with van der Waals surface area (Å²) in [7, 11) is 0. The number of ether oxygens (including phenoxy) is 1. The summed E-state index contributed by atoms with van der Waals surface area (Å²) in [5, 5.41) is 0. The van der Waals surface area contributed by atoms with Crippen molar-refractivity contribution >= 4 is 0 Å². The molecule has 0 aliphatic carbocycles. The number of nitrogens with zero attached hydrogens (tertiary/aromatic N) is 2. The van der Waals surface area contributed by atoms with E-state index in [1.54, 1.807) is 0 Å². The summed E-state index contributed by atoms with van der Waals surface area (Å²) in [6.45, 7) is 3.93. The highest BCUT2D eigenvalue weighted by molar-refractivity contribution is 5.01. The third kappa shape index (κ3) is 0.827. The quantitative estimate of drug-likeness (QED) is 0.570. The SMILES string of the molecule is CCn1ccnc1[C@H]1CO1. The standard InChI is InChI=1S/C7H10N2O/c1-2-9-4-3-8-7(9)6-5-10-6/h3-4,6H,2,5H2,1H3/t6-/m1/s1. The number of epoxide rings is 1. The van der Waals surface area contributed by atoms with Crippen molar-refractivity contribution in [1.29, 1.82) is 0 Å². The van der Waals surface area contributed by atoms with Gasteiger partial charge < -0.3 is 9.30 Å². The Hall–Kier alpha value is -0.830. The topological polar surface area (TPSA) is 30.4 Å². The Labute approximate surface area is 59.6 Å². The smallest absolute Gasteiger partial charge is 0.140 e. The van der Waals surface area contributed by atoms with Crippen molar-refractivity contribution in [1.82, 2.24) is 9.55 Å². The third-order valence-corrected chi connectivity index (χ3v) is 1.71. The molecule has 2 heterocycles. The van der Waals surface area contributed by atoms with Gasteiger partial charge in [-0.3, -0.25) is 0 Å². The minimum atomic E-state index is 0.287. The fraction of sp³-hybridized carbons (Fsp3) is 0.571. The van der Waals surface area contributed by atoms with Crippen LogP contribution >= 0.6 is 0 Å². The molecular weight excluding hydrogens is 128 g/mol. The molecule has 3 nitrogen and oxygen atoms in total. The Balaban J connectivity index is 2.28. The van der Waals surface area contributed by atoms with Crippen LogP contribution in [0.1, 0.15) is 18.9 Å². The molecule has 1 aromatic heterocycles. The van der Waals surface area contributed by atoms with Crippen LogP contribution in [0.5, 0.6) is 0 Å². The predicted molar refractivity (Wildman–Crippen MR) is 36.6 cm³/mol. The number of imidazole rings is 1. The zero-order valence-corrected chi connectivity index (χ0v) is 5.95. The van der Waals surface area contributed by atoms with Crippen LogP contribution in [-0.4, -0.2) is 16.2 Å². The van der Waals surface area contributed by atoms with Gasteiger partial charge in [-0.2, -0.15) is 0 Å². The van der Waals surface area contributed by atoms with Gasteiger partial charge in [-0.25, -0.2) is 4.98 Å². The molecule has 1 atom stereocenters. The van der Waals surface area contributed by atoms with Crippen molar-refractivity contribution in [2.24, 2.45) is 0 Å². The van der Waals surface area contributed by atoms with E-state index in [4.69, 9.17) is 4.74 Å². The van der Waals surface area contributed by atoms with E-state index in [9.17, 15) is 0 Å². The highest BCUT2D eigenvalue weighted by atomic mass is 16.6. The molecule has 0 N–H and O–H groups in total. The van der Waals surface area contributed by atoms with Gasteiger partial charge in [0.25, 0.3) is 0 Å². The van der Waals surface area contributed by atoms with Crippen molar-refractivity contribution in [3.05, 3.63) is 18.2 Å². The minimum Gasteiger partial charge on any atom is -0.365 e. The second kappa shape index (κ2) is 2.09. The van der Waals surface area contributed by atoms with E-state index in [-0.39, 0.29) is 6.10 Å². The second-order valence-corrected chi connectivity index (χ2v) is 2.39. The maximum absolute atomic E-state index is 5.11. The van der Waals surface area contributed by atoms with Gasteiger partial charge in [0.15, 0.2) is 0 Å². The Morgan fingerprint density at radius 1 is 1.90 bits per heavy atom. The first-order chi connectivity index (χ1) is 4.92. The molecule has 0 unspecified atom stereocenters. The van der Waals surface area contributed by atoms with Crippen LogP contribution in [0.15, 0.2) is 12.4 Å². The van der Waals surface area contributed by atoms with Crippen LogP contribution in [0.3, 0.4) is 0 Å². The highest BCUT2D eigenvalue weighted by Gasteiger charge is 2.28. The van der Waals surface area contributed by atoms with Gasteiger partial charge in [-0.15, -0.1) is 0 Å². The molecular formula is C7H10N2O. The van der Waals surface area contributed by atoms with E-state index in [1.165, 1.54) is 0 Å². The lowest BCUT2D eigenvalue weighted by atomic mass is 10.4. The van der Waals surface area contributed by atoms with Gasteiger partial charge in [0, 0.05) is 18.9 Å². The molecule has 1 aromatic rings. The van der Waals surface area contributed by atoms with E-state index >= 15 is 0 Å². The molecule has 0 saturated carbocycles. The number of hydrogen-bond acceptors (Lipinski definition) is 2. The minimum absolute atomic E-state index is 0.287. The molecule has 0 amide bonds. The summed E-state index contributed by atoms with van der Waals surface area (Å²) in [4.78, 5) is 4.19. The lowest BCUT2D eigenvalue weighted by Gasteiger charge is -1.98. The first-order valence-electron chi connectivity index (χ1n) is 3.54. The maximum atomic E-state index is 5.11. The number of aryl methyl sites for hydroxylation is 1. The van der Waals surface area contributed by atoms with E-state index in [0.29, 0.717) is 0 Å². The molecule has 10 heavy (non-hydrogen) atoms. The lowest BCUT2D eigenvalue weighted by molar-refractivity contribution is 0.399. The second-order valence-electron chi connectivity index (χ2n) is 2.39. The lowest BCUT2D eigenvalue weighted by Crippen LogP contribution is -1.98. The summed E-state index contributed by atoms with van der Waals surface area (Å²) in [5.41, 5.74) is 0. The summed E-state index contributed by atoms with van der Waals surface area (Å²) in [5.74, 6) is 1.07. The van der Waals surface area contributed by atoms with Gasteiger partial charge >= 0.3 is 0 Å². The summed E-state index contributed by atoms with van der Waals surface area (Å²) < 4.78 is 7.22. The van der Waals surface area contributed by atoms with Crippen LogP contribution in [0.25, 0.3) is 0 Å². The average Bonchev–Trinajstić information content (AvgIpc) is 2.69. The van der Waals surface area contributed by atoms with Gasteiger partial charge in [0.2, 0.25) is 0 Å². The molecule has 1 fully saturated rings. The van der Waals surface area contributed by atoms with Crippen molar-refractivity contribution in [3.63, 3.8) is 0 Å². The Bertz CT molecular complexity index is 227. The molecule has 1 aliphatic heterocycles. The molecule has 0 radical (unpaired) electrons. The normalized spacial score (nSPS) is 23.1. The highest BCUT2D eigenvalue weighted by Crippen LogP contribution is 2.27. The van der Waals surface area contributed by atoms with Crippen molar-refractivity contribution < 1.29 is 4.74 Å². The van der Waals surface area contributed by atoms with E-state index in [0.717, 1.165) is 19.0 Å². The zero-order valence-electron chi connectivity index (χ0n) is 5.95. The van der Waals surface area contributed by atoms with Gasteiger partial charge in [0.05, 0.1) is 6.61 Å². The Kier molecular flexibility index (Phi) is 1.24. The first kappa shape index (κ1) is 5.92. The molecule has 0 bridgehead atoms. The Morgan fingerprint density at radius 3 is 3.30 bits per heavy atom. The van der Waals surface area contributed by atoms with Gasteiger partial charge in [0.1, 0.15) is 11.9 Å². The molecule has 0 aromatic carbocycles. The number of aromatic nitrogens is 2. The fourth-order valence-corrected chi connectivity index (χ4v) is 1.07. The molecule has 2 rings (SSSR count). The molecule has 0 spiro atoms. The first-order valence-corrected chi connectivity index (χ1v) is 3.54. The molecule has 54 valence electrons. The summed E-state index contributed by atoms with van der Waals surface area (Å²) in [6, 6.07) is 0. The fourth-order valence-electron chi connectivity index (χ4n) is 1.07. The molecule has 1 saturated heterocycles. The Morgan fingerprint density at radius 2 is 2.70 bits per heavy atom. The largest absolute Gasteiger partial charge is 0.365 e. The molecule has 1 aliphatic rings. The van der Waals surface area contributed by atoms with Crippen LogP contribution in [0, 0.1) is 0 Å². The summed E-state index contributed by atoms with van der Waals surface area (Å²) in [6.07, 6.45) is 4.09. The average molecular weight is 138 g/mol. The number of rotatable bonds is 2. The van der Waals surface area contributed by atoms with E-state index < -0.39 is 0 Å². The predicted octanol–water partition coefficient (Wildman–Crippen LogP) is 0.974. The van der Waals surface area contributed by atoms with Crippen LogP contribution in [0.4, 0.5) is 0 Å². The van der Waals surface area contributed by atoms with Crippen molar-refractivity contribution in [2.75, 3.05) is 6.61 Å². The molecule has 3 heteroatoms. The van der Waals surface area contributed by atoms with Crippen LogP contribution < -0.4 is 0 Å². The van der Waals surface area contributed by atoms with E-state index in [2.05, 4.69) is 16.5 Å². The van der Waals surface area contributed by atoms with Crippen molar-refractivity contribution in [2.45, 2.75) is 19.6 Å². The van der Waals surface area contributed by atoms with Gasteiger partial charge in [-0.05, 0) is 6.92 Å². The zero-order chi connectivity index (χ0) is 6.97. The number of hydrogen-bond donors (Lipinski definition) is 0. The third-order valence-electron chi connectivity index (χ3n) is 1.71.